The van der Waals surface area contributed by atoms with Gasteiger partial charge in [0.2, 0.25) is 0 Å². The van der Waals surface area contributed by atoms with E-state index in [1.54, 1.807) is 0 Å². The summed E-state index contributed by atoms with van der Waals surface area (Å²) in [7, 11) is 0. The van der Waals surface area contributed by atoms with E-state index in [2.05, 4.69) is 0 Å². The molecule has 0 radical (unpaired) electrons. The second kappa shape index (κ2) is 98.2. The third-order valence-electron chi connectivity index (χ3n) is 0. The van der Waals surface area contributed by atoms with Gasteiger partial charge in [-0.3, -0.25) is 0 Å². The Hall–Kier alpha value is 2.00. The maximum absolute atomic E-state index is 0. The summed E-state index contributed by atoms with van der Waals surface area (Å²) in [5, 5.41) is 0. The van der Waals surface area contributed by atoms with Crippen molar-refractivity contribution in [2.75, 3.05) is 0 Å². The number of hydrogen-bond acceptors (Lipinski definition) is 0. The van der Waals surface area contributed by atoms with Crippen LogP contribution in [0.3, 0.4) is 0 Å². The van der Waals surface area contributed by atoms with Gasteiger partial charge in [-0.15, -0.1) is 0 Å². The zero-order valence-corrected chi connectivity index (χ0v) is 8.24. The molecule has 0 fully saturated rings. The maximum Gasteiger partial charge on any atom is 3.00 e. The monoisotopic (exact) mass is 236 g/mol. The van der Waals surface area contributed by atoms with Crippen molar-refractivity contribution < 1.29 is 71.7 Å². The molecule has 0 aliphatic rings. The summed E-state index contributed by atoms with van der Waals surface area (Å²) in [6.45, 7) is 0. The Morgan fingerprint density at radius 2 is 0.571 bits per heavy atom. The van der Waals surface area contributed by atoms with Crippen LogP contribution in [0, 0.1) is 0 Å². The molecule has 7 heavy (non-hydrogen) atoms. The van der Waals surface area contributed by atoms with Gasteiger partial charge in [-0.1, -0.05) is 0 Å². The summed E-state index contributed by atoms with van der Waals surface area (Å²) >= 11 is 0. The van der Waals surface area contributed by atoms with Gasteiger partial charge in [0.25, 0.3) is 0 Å². The van der Waals surface area contributed by atoms with Crippen LogP contribution < -0.4 is 0 Å². The molecule has 4 nitrogen and oxygen atoms in total. The number of hydrogen-bond donors (Lipinski definition) is 0. The van der Waals surface area contributed by atoms with Crippen molar-refractivity contribution >= 4 is 17.4 Å². The molecule has 0 aliphatic carbocycles. The van der Waals surface area contributed by atoms with E-state index in [-0.39, 0.29) is 89.0 Å². The van der Waals surface area contributed by atoms with Crippen LogP contribution in [0.15, 0.2) is 0 Å². The van der Waals surface area contributed by atoms with Gasteiger partial charge in [-0.25, -0.2) is 0 Å². The first-order valence-electron chi connectivity index (χ1n) is 0. The Morgan fingerprint density at radius 1 is 0.571 bits per heavy atom. The van der Waals surface area contributed by atoms with Crippen LogP contribution in [0.2, 0.25) is 0 Å². The van der Waals surface area contributed by atoms with Gasteiger partial charge >= 0.3 is 67.1 Å². The predicted molar refractivity (Wildman–Crippen MR) is 8.50 cm³/mol. The Morgan fingerprint density at radius 3 is 0.571 bits per heavy atom. The van der Waals surface area contributed by atoms with E-state index in [1.807, 2.05) is 0 Å². The summed E-state index contributed by atoms with van der Waals surface area (Å²) < 4.78 is 0. The third kappa shape index (κ3) is 72.2. The fourth-order valence-corrected chi connectivity index (χ4v) is 0. The smallest absolute Gasteiger partial charge is 2.00 e. The van der Waals surface area contributed by atoms with Gasteiger partial charge in [0.15, 0.2) is 0 Å². The largest absolute Gasteiger partial charge is 3.00 e. The Bertz CT molecular complexity index is 11.7. The van der Waals surface area contributed by atoms with Crippen molar-refractivity contribution in [3.05, 3.63) is 0 Å². The molecular formula is AlFeO4Y. The molecule has 0 atom stereocenters. The summed E-state index contributed by atoms with van der Waals surface area (Å²) in [5.74, 6) is 0. The van der Waals surface area contributed by atoms with Crippen molar-refractivity contribution in [3.63, 3.8) is 0 Å². The number of rotatable bonds is 0. The van der Waals surface area contributed by atoms with Gasteiger partial charge in [-0.2, -0.15) is 0 Å². The van der Waals surface area contributed by atoms with Crippen LogP contribution in [-0.2, 0) is 71.7 Å². The predicted octanol–water partition coefficient (Wildman–Crippen LogP) is -0.861. The molecule has 0 aromatic rings. The van der Waals surface area contributed by atoms with Crippen molar-refractivity contribution in [3.8, 4) is 0 Å². The molecule has 0 aliphatic heterocycles. The van der Waals surface area contributed by atoms with Crippen molar-refractivity contribution in [2.45, 2.75) is 0 Å². The molecule has 0 bridgehead atoms. The average molecular weight is 236 g/mol. The van der Waals surface area contributed by atoms with Gasteiger partial charge in [0.05, 0.1) is 0 Å². The summed E-state index contributed by atoms with van der Waals surface area (Å²) in [5.41, 5.74) is 0. The third-order valence-corrected chi connectivity index (χ3v) is 0. The second-order valence-corrected chi connectivity index (χ2v) is 0. The zero-order chi connectivity index (χ0) is 0. The zero-order valence-electron chi connectivity index (χ0n) is 3.14. The SMILES string of the molecule is [Al+3].[Fe+2].[O-2].[O-2].[O-2].[O-2].[Y+3]. The van der Waals surface area contributed by atoms with E-state index in [0.29, 0.717) is 0 Å². The van der Waals surface area contributed by atoms with Crippen LogP contribution >= 0.6 is 0 Å². The quantitative estimate of drug-likeness (QED) is 0.486. The Balaban J connectivity index is 0. The summed E-state index contributed by atoms with van der Waals surface area (Å²) in [6.07, 6.45) is 0. The molecule has 0 saturated heterocycles. The molecule has 0 spiro atoms. The molecule has 0 amide bonds. The minimum atomic E-state index is 0. The normalized spacial score (nSPS) is 0. The van der Waals surface area contributed by atoms with Crippen LogP contribution in [0.4, 0.5) is 0 Å². The molecule has 0 rings (SSSR count). The van der Waals surface area contributed by atoms with Crippen molar-refractivity contribution in [2.24, 2.45) is 0 Å². The topological polar surface area (TPSA) is 114 Å². The molecule has 0 aromatic heterocycles. The van der Waals surface area contributed by atoms with Gasteiger partial charge < -0.3 is 21.9 Å². The fourth-order valence-electron chi connectivity index (χ4n) is 0. The van der Waals surface area contributed by atoms with Crippen molar-refractivity contribution in [1.82, 2.24) is 0 Å². The van der Waals surface area contributed by atoms with Crippen LogP contribution in [-0.4, -0.2) is 17.4 Å². The van der Waals surface area contributed by atoms with E-state index in [9.17, 15) is 0 Å². The maximum atomic E-state index is 0. The molecule has 7 heteroatoms. The van der Waals surface area contributed by atoms with E-state index in [1.165, 1.54) is 0 Å². The minimum absolute atomic E-state index is 0. The molecule has 0 heterocycles. The first kappa shape index (κ1) is 144. The van der Waals surface area contributed by atoms with Gasteiger partial charge in [0.1, 0.15) is 0 Å². The molecular weight excluding hydrogens is 236 g/mol. The van der Waals surface area contributed by atoms with Crippen molar-refractivity contribution in [1.29, 1.82) is 0 Å². The van der Waals surface area contributed by atoms with Gasteiger partial charge in [0, 0.05) is 0 Å². The van der Waals surface area contributed by atoms with E-state index in [4.69, 9.17) is 0 Å². The molecule has 0 saturated carbocycles. The van der Waals surface area contributed by atoms with Gasteiger partial charge in [-0.05, 0) is 0 Å². The van der Waals surface area contributed by atoms with E-state index < -0.39 is 0 Å². The second-order valence-electron chi connectivity index (χ2n) is 0. The standard InChI is InChI=1S/Al.Fe.4O.Y/q+3;+2;4*-2;+3. The molecule has 38 valence electrons. The summed E-state index contributed by atoms with van der Waals surface area (Å²) in [4.78, 5) is 0. The molecule has 0 aromatic carbocycles. The average Bonchev–Trinajstić information content (AvgIpc) is 0. The van der Waals surface area contributed by atoms with E-state index >= 15 is 0 Å². The molecule has 0 N–H and O–H groups in total. The van der Waals surface area contributed by atoms with Crippen LogP contribution in [0.25, 0.3) is 0 Å². The summed E-state index contributed by atoms with van der Waals surface area (Å²) in [6, 6.07) is 0. The Kier molecular flexibility index (Phi) is 2030. The first-order chi connectivity index (χ1) is 0. The Labute approximate surface area is 88.1 Å². The minimum Gasteiger partial charge on any atom is -2.00 e. The van der Waals surface area contributed by atoms with E-state index in [0.717, 1.165) is 0 Å². The van der Waals surface area contributed by atoms with Crippen LogP contribution in [0.5, 0.6) is 0 Å². The molecule has 0 unspecified atom stereocenters. The van der Waals surface area contributed by atoms with Crippen LogP contribution in [0.1, 0.15) is 0 Å². The fraction of sp³-hybridized carbons (Fsp3) is 0. The first-order valence-corrected chi connectivity index (χ1v) is 0.